The van der Waals surface area contributed by atoms with Gasteiger partial charge in [0, 0.05) is 22.2 Å². The summed E-state index contributed by atoms with van der Waals surface area (Å²) in [6.45, 7) is 5.03. The van der Waals surface area contributed by atoms with Crippen molar-refractivity contribution in [1.29, 1.82) is 0 Å². The van der Waals surface area contributed by atoms with E-state index in [2.05, 4.69) is 29.8 Å². The summed E-state index contributed by atoms with van der Waals surface area (Å²) in [6, 6.07) is 5.42. The standard InChI is InChI=1S/C13H17BrN2O/c1-13(2)6-3-7-16(13)12(17)10-5-4-9(14)8-11(10)15/h4-5,8H,3,6-7,15H2,1-2H3. The lowest BCUT2D eigenvalue weighted by Crippen LogP contribution is -2.42. The molecule has 0 aliphatic carbocycles. The minimum atomic E-state index is -0.0589. The molecule has 2 N–H and O–H groups in total. The number of amides is 1. The molecule has 1 saturated heterocycles. The Hall–Kier alpha value is -1.03. The molecule has 1 aromatic rings. The fourth-order valence-corrected chi connectivity index (χ4v) is 2.74. The Balaban J connectivity index is 2.31. The van der Waals surface area contributed by atoms with Gasteiger partial charge in [0.2, 0.25) is 0 Å². The molecule has 4 heteroatoms. The lowest BCUT2D eigenvalue weighted by atomic mass is 10.0. The first-order valence-electron chi connectivity index (χ1n) is 5.79. The highest BCUT2D eigenvalue weighted by molar-refractivity contribution is 9.10. The van der Waals surface area contributed by atoms with Crippen molar-refractivity contribution in [2.45, 2.75) is 32.2 Å². The molecule has 0 bridgehead atoms. The molecule has 1 fully saturated rings. The molecule has 1 aliphatic heterocycles. The van der Waals surface area contributed by atoms with Crippen LogP contribution in [-0.4, -0.2) is 22.9 Å². The van der Waals surface area contributed by atoms with Crippen LogP contribution in [0.3, 0.4) is 0 Å². The average Bonchev–Trinajstić information content (AvgIpc) is 2.57. The van der Waals surface area contributed by atoms with Crippen LogP contribution >= 0.6 is 15.9 Å². The van der Waals surface area contributed by atoms with Gasteiger partial charge in [-0.15, -0.1) is 0 Å². The third-order valence-corrected chi connectivity index (χ3v) is 3.88. The van der Waals surface area contributed by atoms with Crippen LogP contribution in [0.15, 0.2) is 22.7 Å². The first kappa shape index (κ1) is 12.4. The number of carbonyl (C=O) groups excluding carboxylic acids is 1. The highest BCUT2D eigenvalue weighted by Gasteiger charge is 2.36. The van der Waals surface area contributed by atoms with Gasteiger partial charge < -0.3 is 10.6 Å². The van der Waals surface area contributed by atoms with E-state index < -0.39 is 0 Å². The van der Waals surface area contributed by atoms with Crippen LogP contribution in [0, 0.1) is 0 Å². The van der Waals surface area contributed by atoms with Gasteiger partial charge >= 0.3 is 0 Å². The number of nitrogens with two attached hydrogens (primary N) is 1. The second-order valence-electron chi connectivity index (χ2n) is 5.10. The molecule has 0 aromatic heterocycles. The fraction of sp³-hybridized carbons (Fsp3) is 0.462. The maximum atomic E-state index is 12.4. The SMILES string of the molecule is CC1(C)CCCN1C(=O)c1ccc(Br)cc1N. The molecule has 0 saturated carbocycles. The molecule has 2 rings (SSSR count). The number of carbonyl (C=O) groups is 1. The summed E-state index contributed by atoms with van der Waals surface area (Å²) in [5, 5.41) is 0. The lowest BCUT2D eigenvalue weighted by molar-refractivity contribution is 0.0653. The maximum Gasteiger partial charge on any atom is 0.256 e. The first-order valence-corrected chi connectivity index (χ1v) is 6.58. The number of likely N-dealkylation sites (tertiary alicyclic amines) is 1. The summed E-state index contributed by atoms with van der Waals surface area (Å²) in [4.78, 5) is 14.3. The molecule has 3 nitrogen and oxygen atoms in total. The molecule has 0 radical (unpaired) electrons. The molecule has 17 heavy (non-hydrogen) atoms. The number of halogens is 1. The van der Waals surface area contributed by atoms with Crippen LogP contribution in [0.4, 0.5) is 5.69 Å². The number of rotatable bonds is 1. The molecule has 1 aromatic carbocycles. The normalized spacial score (nSPS) is 18.4. The van der Waals surface area contributed by atoms with Crippen molar-refractivity contribution < 1.29 is 4.79 Å². The van der Waals surface area contributed by atoms with Gasteiger partial charge in [-0.2, -0.15) is 0 Å². The van der Waals surface area contributed by atoms with Gasteiger partial charge in [0.05, 0.1) is 5.56 Å². The van der Waals surface area contributed by atoms with E-state index in [0.717, 1.165) is 23.9 Å². The van der Waals surface area contributed by atoms with E-state index in [4.69, 9.17) is 5.73 Å². The summed E-state index contributed by atoms with van der Waals surface area (Å²) in [5.41, 5.74) is 6.98. The van der Waals surface area contributed by atoms with Gasteiger partial charge in [0.15, 0.2) is 0 Å². The summed E-state index contributed by atoms with van der Waals surface area (Å²) < 4.78 is 0.896. The molecule has 92 valence electrons. The van der Waals surface area contributed by atoms with E-state index in [1.807, 2.05) is 11.0 Å². The monoisotopic (exact) mass is 296 g/mol. The number of hydrogen-bond acceptors (Lipinski definition) is 2. The molecule has 1 amide bonds. The van der Waals surface area contributed by atoms with Crippen LogP contribution < -0.4 is 5.73 Å². The Bertz CT molecular complexity index is 457. The Morgan fingerprint density at radius 1 is 1.47 bits per heavy atom. The highest BCUT2D eigenvalue weighted by atomic mass is 79.9. The van der Waals surface area contributed by atoms with Crippen LogP contribution in [0.2, 0.25) is 0 Å². The van der Waals surface area contributed by atoms with Crippen molar-refractivity contribution in [3.05, 3.63) is 28.2 Å². The van der Waals surface area contributed by atoms with Crippen molar-refractivity contribution >= 4 is 27.5 Å². The predicted octanol–water partition coefficient (Wildman–Crippen LogP) is 3.05. The van der Waals surface area contributed by atoms with Crippen molar-refractivity contribution in [2.24, 2.45) is 0 Å². The summed E-state index contributed by atoms with van der Waals surface area (Å²) in [6.07, 6.45) is 2.12. The third kappa shape index (κ3) is 2.32. The summed E-state index contributed by atoms with van der Waals surface area (Å²) in [7, 11) is 0. The molecular formula is C13H17BrN2O. The van der Waals surface area contributed by atoms with E-state index >= 15 is 0 Å². The van der Waals surface area contributed by atoms with Crippen LogP contribution in [-0.2, 0) is 0 Å². The Labute approximate surface area is 110 Å². The van der Waals surface area contributed by atoms with Crippen molar-refractivity contribution in [3.8, 4) is 0 Å². The molecule has 0 spiro atoms. The molecular weight excluding hydrogens is 280 g/mol. The molecule has 0 atom stereocenters. The van der Waals surface area contributed by atoms with E-state index in [0.29, 0.717) is 11.3 Å². The minimum absolute atomic E-state index is 0.0394. The van der Waals surface area contributed by atoms with Crippen LogP contribution in [0.1, 0.15) is 37.0 Å². The van der Waals surface area contributed by atoms with Gasteiger partial charge in [-0.1, -0.05) is 15.9 Å². The van der Waals surface area contributed by atoms with Crippen molar-refractivity contribution in [2.75, 3.05) is 12.3 Å². The quantitative estimate of drug-likeness (QED) is 0.810. The molecule has 1 heterocycles. The van der Waals surface area contributed by atoms with Gasteiger partial charge in [0.1, 0.15) is 0 Å². The van der Waals surface area contributed by atoms with E-state index in [9.17, 15) is 4.79 Å². The first-order chi connectivity index (χ1) is 7.92. The van der Waals surface area contributed by atoms with E-state index in [-0.39, 0.29) is 11.4 Å². The summed E-state index contributed by atoms with van der Waals surface area (Å²) in [5.74, 6) is 0.0394. The summed E-state index contributed by atoms with van der Waals surface area (Å²) >= 11 is 3.35. The third-order valence-electron chi connectivity index (χ3n) is 3.39. The van der Waals surface area contributed by atoms with Crippen molar-refractivity contribution in [3.63, 3.8) is 0 Å². The fourth-order valence-electron chi connectivity index (χ4n) is 2.36. The number of nitrogen functional groups attached to an aromatic ring is 1. The maximum absolute atomic E-state index is 12.4. The van der Waals surface area contributed by atoms with Crippen LogP contribution in [0.25, 0.3) is 0 Å². The van der Waals surface area contributed by atoms with Crippen LogP contribution in [0.5, 0.6) is 0 Å². The van der Waals surface area contributed by atoms with E-state index in [1.165, 1.54) is 0 Å². The predicted molar refractivity (Wildman–Crippen MR) is 72.9 cm³/mol. The largest absolute Gasteiger partial charge is 0.398 e. The molecule has 0 unspecified atom stereocenters. The topological polar surface area (TPSA) is 46.3 Å². The highest BCUT2D eigenvalue weighted by Crippen LogP contribution is 2.31. The van der Waals surface area contributed by atoms with Gasteiger partial charge in [-0.3, -0.25) is 4.79 Å². The zero-order valence-electron chi connectivity index (χ0n) is 10.2. The Kier molecular flexibility index (Phi) is 3.17. The lowest BCUT2D eigenvalue weighted by Gasteiger charge is -2.32. The number of benzene rings is 1. The molecule has 1 aliphatic rings. The Morgan fingerprint density at radius 3 is 2.71 bits per heavy atom. The zero-order valence-corrected chi connectivity index (χ0v) is 11.8. The smallest absolute Gasteiger partial charge is 0.256 e. The second-order valence-corrected chi connectivity index (χ2v) is 6.02. The minimum Gasteiger partial charge on any atom is -0.398 e. The van der Waals surface area contributed by atoms with E-state index in [1.54, 1.807) is 12.1 Å². The Morgan fingerprint density at radius 2 is 2.18 bits per heavy atom. The second kappa shape index (κ2) is 4.33. The number of nitrogens with zero attached hydrogens (tertiary/aromatic N) is 1. The average molecular weight is 297 g/mol. The van der Waals surface area contributed by atoms with Gasteiger partial charge in [0.25, 0.3) is 5.91 Å². The van der Waals surface area contributed by atoms with Gasteiger partial charge in [-0.05, 0) is 44.9 Å². The zero-order chi connectivity index (χ0) is 12.6. The number of hydrogen-bond donors (Lipinski definition) is 1. The van der Waals surface area contributed by atoms with Crippen molar-refractivity contribution in [1.82, 2.24) is 4.90 Å². The number of anilines is 1. The van der Waals surface area contributed by atoms with Gasteiger partial charge in [-0.25, -0.2) is 0 Å².